The summed E-state index contributed by atoms with van der Waals surface area (Å²) in [7, 11) is 0. The summed E-state index contributed by atoms with van der Waals surface area (Å²) in [5, 5.41) is 0. The van der Waals surface area contributed by atoms with E-state index in [4.69, 9.17) is 18.9 Å². The molecule has 234 valence electrons. The van der Waals surface area contributed by atoms with Crippen LogP contribution in [0, 0.1) is 0 Å². The number of carbonyl (C=O) groups is 1. The molecule has 0 aromatic heterocycles. The molecule has 5 nitrogen and oxygen atoms in total. The van der Waals surface area contributed by atoms with Gasteiger partial charge in [0, 0.05) is 19.6 Å². The fourth-order valence-corrected chi connectivity index (χ4v) is 4.75. The van der Waals surface area contributed by atoms with Gasteiger partial charge in [0.25, 0.3) is 0 Å². The molecule has 0 aliphatic heterocycles. The third-order valence-electron chi connectivity index (χ3n) is 7.32. The Morgan fingerprint density at radius 1 is 0.359 bits per heavy atom. The van der Waals surface area contributed by atoms with E-state index in [2.05, 4.69) is 13.8 Å². The molecule has 0 radical (unpaired) electrons. The standard InChI is InChI=1S/C34H68O5/c1-3-5-7-9-11-13-15-16-18-20-22-24-29-39-34(35)26-25-28-37-31-33-38-32-30-36-27-23-21-19-17-14-12-10-8-6-4-2/h3-33H2,1-2H3. The van der Waals surface area contributed by atoms with Crippen LogP contribution in [-0.4, -0.2) is 52.2 Å². The zero-order chi connectivity index (χ0) is 28.3. The number of esters is 1. The minimum Gasteiger partial charge on any atom is -0.466 e. The minimum absolute atomic E-state index is 0.0996. The van der Waals surface area contributed by atoms with Crippen molar-refractivity contribution in [2.24, 2.45) is 0 Å². The largest absolute Gasteiger partial charge is 0.466 e. The van der Waals surface area contributed by atoms with Crippen LogP contribution in [0.1, 0.15) is 168 Å². The van der Waals surface area contributed by atoms with Crippen molar-refractivity contribution < 1.29 is 23.7 Å². The molecule has 5 heteroatoms. The molecule has 0 bridgehead atoms. The van der Waals surface area contributed by atoms with Gasteiger partial charge in [0.1, 0.15) is 0 Å². The second-order valence-corrected chi connectivity index (χ2v) is 11.2. The lowest BCUT2D eigenvalue weighted by Gasteiger charge is -2.07. The highest BCUT2D eigenvalue weighted by Gasteiger charge is 2.03. The van der Waals surface area contributed by atoms with Gasteiger partial charge in [-0.1, -0.05) is 142 Å². The van der Waals surface area contributed by atoms with Gasteiger partial charge in [-0.2, -0.15) is 0 Å². The summed E-state index contributed by atoms with van der Waals surface area (Å²) < 4.78 is 22.1. The normalized spacial score (nSPS) is 11.3. The monoisotopic (exact) mass is 557 g/mol. The SMILES string of the molecule is CCCCCCCCCCCCCCOC(=O)CCCOCCOCCOCCCCCCCCCCCC. The summed E-state index contributed by atoms with van der Waals surface area (Å²) in [6.45, 7) is 8.93. The first kappa shape index (κ1) is 38.4. The highest BCUT2D eigenvalue weighted by Crippen LogP contribution is 2.12. The van der Waals surface area contributed by atoms with Gasteiger partial charge in [0.2, 0.25) is 0 Å². The van der Waals surface area contributed by atoms with E-state index >= 15 is 0 Å². The average molecular weight is 557 g/mol. The Hall–Kier alpha value is -0.650. The minimum atomic E-state index is -0.0996. The van der Waals surface area contributed by atoms with Crippen molar-refractivity contribution in [1.29, 1.82) is 0 Å². The molecule has 0 aromatic carbocycles. The molecule has 0 fully saturated rings. The summed E-state index contributed by atoms with van der Waals surface area (Å²) in [5.74, 6) is -0.0996. The Labute approximate surface area is 243 Å². The van der Waals surface area contributed by atoms with Gasteiger partial charge in [-0.25, -0.2) is 0 Å². The molecule has 39 heavy (non-hydrogen) atoms. The number of unbranched alkanes of at least 4 members (excludes halogenated alkanes) is 20. The number of rotatable bonds is 34. The third kappa shape index (κ3) is 35.3. The van der Waals surface area contributed by atoms with Crippen LogP contribution in [0.3, 0.4) is 0 Å². The van der Waals surface area contributed by atoms with Crippen molar-refractivity contribution in [3.8, 4) is 0 Å². The highest BCUT2D eigenvalue weighted by atomic mass is 16.5. The molecule has 0 saturated carbocycles. The Morgan fingerprint density at radius 2 is 0.667 bits per heavy atom. The van der Waals surface area contributed by atoms with Crippen molar-refractivity contribution in [1.82, 2.24) is 0 Å². The third-order valence-corrected chi connectivity index (χ3v) is 7.32. The molecular formula is C34H68O5. The van der Waals surface area contributed by atoms with Crippen LogP contribution < -0.4 is 0 Å². The molecule has 0 aromatic rings. The van der Waals surface area contributed by atoms with E-state index in [1.54, 1.807) is 0 Å². The van der Waals surface area contributed by atoms with Crippen LogP contribution >= 0.6 is 0 Å². The summed E-state index contributed by atoms with van der Waals surface area (Å²) >= 11 is 0. The van der Waals surface area contributed by atoms with Gasteiger partial charge in [-0.15, -0.1) is 0 Å². The van der Waals surface area contributed by atoms with E-state index in [0.29, 0.717) is 52.5 Å². The molecule has 0 unspecified atom stereocenters. The predicted molar refractivity (Wildman–Crippen MR) is 166 cm³/mol. The van der Waals surface area contributed by atoms with Crippen LogP contribution in [0.25, 0.3) is 0 Å². The first-order chi connectivity index (χ1) is 19.3. The molecule has 0 N–H and O–H groups in total. The van der Waals surface area contributed by atoms with Crippen molar-refractivity contribution in [3.63, 3.8) is 0 Å². The van der Waals surface area contributed by atoms with Gasteiger partial charge < -0.3 is 18.9 Å². The Balaban J connectivity index is 3.13. The Morgan fingerprint density at radius 3 is 1.08 bits per heavy atom. The first-order valence-corrected chi connectivity index (χ1v) is 17.2. The number of carbonyl (C=O) groups excluding carboxylic acids is 1. The van der Waals surface area contributed by atoms with Gasteiger partial charge >= 0.3 is 5.97 Å². The maximum absolute atomic E-state index is 11.8. The van der Waals surface area contributed by atoms with E-state index in [1.165, 1.54) is 122 Å². The second kappa shape index (κ2) is 35.4. The molecule has 0 spiro atoms. The zero-order valence-corrected chi connectivity index (χ0v) is 26.5. The lowest BCUT2D eigenvalue weighted by atomic mass is 10.1. The fourth-order valence-electron chi connectivity index (χ4n) is 4.75. The van der Waals surface area contributed by atoms with Crippen molar-refractivity contribution >= 4 is 5.97 Å². The van der Waals surface area contributed by atoms with Crippen LogP contribution in [0.2, 0.25) is 0 Å². The summed E-state index contributed by atoms with van der Waals surface area (Å²) in [6, 6.07) is 0. The zero-order valence-electron chi connectivity index (χ0n) is 26.5. The molecule has 0 amide bonds. The van der Waals surface area contributed by atoms with Crippen molar-refractivity contribution in [2.75, 3.05) is 46.2 Å². The lowest BCUT2D eigenvalue weighted by Crippen LogP contribution is -2.11. The summed E-state index contributed by atoms with van der Waals surface area (Å²) in [6.07, 6.45) is 30.4. The van der Waals surface area contributed by atoms with E-state index < -0.39 is 0 Å². The maximum Gasteiger partial charge on any atom is 0.305 e. The van der Waals surface area contributed by atoms with Crippen molar-refractivity contribution in [2.45, 2.75) is 168 Å². The molecule has 0 aliphatic carbocycles. The van der Waals surface area contributed by atoms with E-state index in [-0.39, 0.29) is 5.97 Å². The summed E-state index contributed by atoms with van der Waals surface area (Å²) in [4.78, 5) is 11.8. The van der Waals surface area contributed by atoms with E-state index in [0.717, 1.165) is 25.9 Å². The smallest absolute Gasteiger partial charge is 0.305 e. The summed E-state index contributed by atoms with van der Waals surface area (Å²) in [5.41, 5.74) is 0. The number of hydrogen-bond donors (Lipinski definition) is 0. The van der Waals surface area contributed by atoms with E-state index in [1.807, 2.05) is 0 Å². The molecule has 0 saturated heterocycles. The topological polar surface area (TPSA) is 54.0 Å². The number of ether oxygens (including phenoxy) is 4. The van der Waals surface area contributed by atoms with Crippen molar-refractivity contribution in [3.05, 3.63) is 0 Å². The average Bonchev–Trinajstić information content (AvgIpc) is 2.94. The quantitative estimate of drug-likeness (QED) is 0.0583. The molecule has 0 atom stereocenters. The van der Waals surface area contributed by atoms with Gasteiger partial charge in [-0.3, -0.25) is 4.79 Å². The van der Waals surface area contributed by atoms with Crippen LogP contribution in [0.5, 0.6) is 0 Å². The number of hydrogen-bond acceptors (Lipinski definition) is 5. The second-order valence-electron chi connectivity index (χ2n) is 11.2. The molecule has 0 heterocycles. The molecule has 0 rings (SSSR count). The van der Waals surface area contributed by atoms with E-state index in [9.17, 15) is 4.79 Å². The Bertz CT molecular complexity index is 457. The van der Waals surface area contributed by atoms with Gasteiger partial charge in [0.15, 0.2) is 0 Å². The highest BCUT2D eigenvalue weighted by molar-refractivity contribution is 5.69. The first-order valence-electron chi connectivity index (χ1n) is 17.2. The lowest BCUT2D eigenvalue weighted by molar-refractivity contribution is -0.144. The van der Waals surface area contributed by atoms with Crippen LogP contribution in [0.15, 0.2) is 0 Å². The molecular weight excluding hydrogens is 488 g/mol. The van der Waals surface area contributed by atoms with Crippen LogP contribution in [-0.2, 0) is 23.7 Å². The fraction of sp³-hybridized carbons (Fsp3) is 0.971. The molecule has 0 aliphatic rings. The maximum atomic E-state index is 11.8. The Kier molecular flexibility index (Phi) is 34.8. The predicted octanol–water partition coefficient (Wildman–Crippen LogP) is 9.98. The van der Waals surface area contributed by atoms with Crippen LogP contribution in [0.4, 0.5) is 0 Å². The van der Waals surface area contributed by atoms with Gasteiger partial charge in [-0.05, 0) is 19.3 Å². The van der Waals surface area contributed by atoms with Gasteiger partial charge in [0.05, 0.1) is 33.0 Å².